The third-order valence-corrected chi connectivity index (χ3v) is 3.84. The zero-order valence-corrected chi connectivity index (χ0v) is 14.2. The van der Waals surface area contributed by atoms with Crippen molar-refractivity contribution in [3.8, 4) is 5.75 Å². The van der Waals surface area contributed by atoms with E-state index in [9.17, 15) is 4.79 Å². The number of ether oxygens (including phenoxy) is 1. The van der Waals surface area contributed by atoms with Crippen molar-refractivity contribution in [2.75, 3.05) is 0 Å². The summed E-state index contributed by atoms with van der Waals surface area (Å²) in [5.41, 5.74) is 0.766. The molecule has 24 heavy (non-hydrogen) atoms. The summed E-state index contributed by atoms with van der Waals surface area (Å²) in [6.45, 7) is 3.79. The van der Waals surface area contributed by atoms with E-state index in [-0.39, 0.29) is 5.91 Å². The van der Waals surface area contributed by atoms with Gasteiger partial charge in [-0.1, -0.05) is 17.7 Å². The van der Waals surface area contributed by atoms with Crippen molar-refractivity contribution in [1.29, 1.82) is 0 Å². The van der Waals surface area contributed by atoms with Gasteiger partial charge in [0, 0.05) is 11.2 Å². The van der Waals surface area contributed by atoms with Crippen LogP contribution in [0, 0.1) is 0 Å². The van der Waals surface area contributed by atoms with E-state index in [1.165, 1.54) is 0 Å². The number of pyridine rings is 1. The van der Waals surface area contributed by atoms with Crippen LogP contribution < -0.4 is 10.1 Å². The van der Waals surface area contributed by atoms with Crippen LogP contribution in [-0.4, -0.2) is 21.1 Å². The minimum absolute atomic E-state index is 0.213. The lowest BCUT2D eigenvalue weighted by Gasteiger charge is -2.25. The van der Waals surface area contributed by atoms with Crippen LogP contribution in [-0.2, 0) is 11.3 Å². The maximum absolute atomic E-state index is 12.4. The molecule has 1 amide bonds. The number of amides is 1. The van der Waals surface area contributed by atoms with Crippen molar-refractivity contribution >= 4 is 23.0 Å². The topological polar surface area (TPSA) is 55.6 Å². The molecule has 0 aliphatic rings. The van der Waals surface area contributed by atoms with Crippen molar-refractivity contribution < 1.29 is 9.53 Å². The van der Waals surface area contributed by atoms with Gasteiger partial charge in [0.15, 0.2) is 5.60 Å². The molecule has 0 unspecified atom stereocenters. The van der Waals surface area contributed by atoms with E-state index in [0.29, 0.717) is 17.3 Å². The lowest BCUT2D eigenvalue weighted by molar-refractivity contribution is -0.134. The number of fused-ring (bicyclic) bond motifs is 1. The van der Waals surface area contributed by atoms with Gasteiger partial charge in [0.25, 0.3) is 5.91 Å². The van der Waals surface area contributed by atoms with Crippen molar-refractivity contribution in [1.82, 2.24) is 14.9 Å². The van der Waals surface area contributed by atoms with E-state index in [1.807, 2.05) is 30.5 Å². The molecule has 2 aromatic heterocycles. The second-order valence-corrected chi connectivity index (χ2v) is 6.39. The molecule has 1 aromatic carbocycles. The smallest absolute Gasteiger partial charge is 0.263 e. The normalized spacial score (nSPS) is 11.5. The minimum atomic E-state index is -1.01. The van der Waals surface area contributed by atoms with E-state index in [2.05, 4.69) is 10.4 Å². The number of benzene rings is 1. The summed E-state index contributed by atoms with van der Waals surface area (Å²) in [5.74, 6) is 0.377. The number of carbonyl (C=O) groups excluding carboxylic acids is 1. The molecule has 0 saturated carbocycles. The van der Waals surface area contributed by atoms with E-state index in [4.69, 9.17) is 16.3 Å². The van der Waals surface area contributed by atoms with Gasteiger partial charge in [-0.25, -0.2) is 4.52 Å². The highest BCUT2D eigenvalue weighted by molar-refractivity contribution is 6.30. The quantitative estimate of drug-likeness (QED) is 0.771. The summed E-state index contributed by atoms with van der Waals surface area (Å²) in [6, 6.07) is 14.7. The van der Waals surface area contributed by atoms with E-state index >= 15 is 0 Å². The molecule has 0 radical (unpaired) electrons. The molecular weight excluding hydrogens is 326 g/mol. The predicted molar refractivity (Wildman–Crippen MR) is 93.2 cm³/mol. The molecule has 0 aliphatic carbocycles. The van der Waals surface area contributed by atoms with Crippen LogP contribution in [0.4, 0.5) is 0 Å². The van der Waals surface area contributed by atoms with Gasteiger partial charge in [-0.05, 0) is 56.3 Å². The number of aromatic nitrogens is 2. The van der Waals surface area contributed by atoms with E-state index < -0.39 is 5.60 Å². The number of carbonyl (C=O) groups is 1. The van der Waals surface area contributed by atoms with Crippen LogP contribution >= 0.6 is 11.6 Å². The Morgan fingerprint density at radius 1 is 1.25 bits per heavy atom. The highest BCUT2D eigenvalue weighted by Gasteiger charge is 2.29. The molecule has 3 aromatic rings. The summed E-state index contributed by atoms with van der Waals surface area (Å²) in [7, 11) is 0. The van der Waals surface area contributed by atoms with Gasteiger partial charge in [0.1, 0.15) is 5.75 Å². The Morgan fingerprint density at radius 2 is 2.00 bits per heavy atom. The fourth-order valence-electron chi connectivity index (χ4n) is 2.30. The zero-order chi connectivity index (χ0) is 17.2. The van der Waals surface area contributed by atoms with Crippen molar-refractivity contribution in [3.63, 3.8) is 0 Å². The highest BCUT2D eigenvalue weighted by Crippen LogP contribution is 2.21. The Morgan fingerprint density at radius 3 is 2.71 bits per heavy atom. The summed E-state index contributed by atoms with van der Waals surface area (Å²) < 4.78 is 7.54. The second-order valence-electron chi connectivity index (χ2n) is 5.95. The molecule has 5 nitrogen and oxygen atoms in total. The molecule has 3 rings (SSSR count). The number of nitrogens with one attached hydrogen (secondary N) is 1. The molecule has 1 N–H and O–H groups in total. The standard InChI is InChI=1S/C18H18ClN3O2/c1-18(2,24-16-8-6-13(19)7-9-16)17(23)20-12-14-11-15-5-3-4-10-22(15)21-14/h3-11H,12H2,1-2H3,(H,20,23). The van der Waals surface area contributed by atoms with Crippen molar-refractivity contribution in [2.45, 2.75) is 26.0 Å². The fraction of sp³-hybridized carbons (Fsp3) is 0.222. The molecule has 124 valence electrons. The average molecular weight is 344 g/mol. The molecule has 0 bridgehead atoms. The van der Waals surface area contributed by atoms with Crippen LogP contribution in [0.5, 0.6) is 5.75 Å². The van der Waals surface area contributed by atoms with Gasteiger partial charge < -0.3 is 10.1 Å². The maximum atomic E-state index is 12.4. The van der Waals surface area contributed by atoms with Gasteiger partial charge >= 0.3 is 0 Å². The summed E-state index contributed by atoms with van der Waals surface area (Å²) in [4.78, 5) is 12.4. The molecule has 0 spiro atoms. The Hall–Kier alpha value is -2.53. The van der Waals surface area contributed by atoms with Crippen molar-refractivity contribution in [3.05, 3.63) is 65.4 Å². The number of nitrogens with zero attached hydrogens (tertiary/aromatic N) is 2. The fourth-order valence-corrected chi connectivity index (χ4v) is 2.43. The zero-order valence-electron chi connectivity index (χ0n) is 13.5. The van der Waals surface area contributed by atoms with Crippen LogP contribution in [0.2, 0.25) is 5.02 Å². The van der Waals surface area contributed by atoms with E-state index in [0.717, 1.165) is 11.2 Å². The van der Waals surface area contributed by atoms with Crippen LogP contribution in [0.15, 0.2) is 54.7 Å². The van der Waals surface area contributed by atoms with Crippen molar-refractivity contribution in [2.24, 2.45) is 0 Å². The van der Waals surface area contributed by atoms with Gasteiger partial charge in [-0.2, -0.15) is 5.10 Å². The number of hydrogen-bond acceptors (Lipinski definition) is 3. The van der Waals surface area contributed by atoms with Gasteiger partial charge in [-0.15, -0.1) is 0 Å². The lowest BCUT2D eigenvalue weighted by atomic mass is 10.1. The first kappa shape index (κ1) is 16.3. The summed E-state index contributed by atoms with van der Waals surface area (Å²) in [5, 5.41) is 7.89. The molecule has 2 heterocycles. The number of halogens is 1. The average Bonchev–Trinajstić information content (AvgIpc) is 2.97. The molecule has 0 fully saturated rings. The molecular formula is C18H18ClN3O2. The first-order valence-electron chi connectivity index (χ1n) is 7.60. The predicted octanol–water partition coefficient (Wildman–Crippen LogP) is 3.46. The second kappa shape index (κ2) is 6.53. The summed E-state index contributed by atoms with van der Waals surface area (Å²) in [6.07, 6.45) is 1.87. The Bertz CT molecular complexity index is 823. The number of rotatable bonds is 5. The molecule has 0 aliphatic heterocycles. The first-order chi connectivity index (χ1) is 11.4. The maximum Gasteiger partial charge on any atom is 0.263 e. The first-order valence-corrected chi connectivity index (χ1v) is 7.98. The minimum Gasteiger partial charge on any atom is -0.478 e. The number of hydrogen-bond donors (Lipinski definition) is 1. The van der Waals surface area contributed by atoms with E-state index in [1.54, 1.807) is 42.6 Å². The SMILES string of the molecule is CC(C)(Oc1ccc(Cl)cc1)C(=O)NCc1cc2ccccn2n1. The molecule has 0 atom stereocenters. The van der Waals surface area contributed by atoms with Crippen LogP contribution in [0.3, 0.4) is 0 Å². The summed E-state index contributed by atoms with van der Waals surface area (Å²) >= 11 is 5.85. The third kappa shape index (κ3) is 3.68. The Labute approximate surface area is 145 Å². The largest absolute Gasteiger partial charge is 0.478 e. The van der Waals surface area contributed by atoms with Crippen LogP contribution in [0.1, 0.15) is 19.5 Å². The van der Waals surface area contributed by atoms with Gasteiger partial charge in [0.2, 0.25) is 0 Å². The third-order valence-electron chi connectivity index (χ3n) is 3.58. The lowest BCUT2D eigenvalue weighted by Crippen LogP contribution is -2.46. The van der Waals surface area contributed by atoms with Gasteiger partial charge in [-0.3, -0.25) is 4.79 Å². The highest BCUT2D eigenvalue weighted by atomic mass is 35.5. The Kier molecular flexibility index (Phi) is 4.44. The van der Waals surface area contributed by atoms with Crippen LogP contribution in [0.25, 0.3) is 5.52 Å². The van der Waals surface area contributed by atoms with Gasteiger partial charge in [0.05, 0.1) is 17.8 Å². The monoisotopic (exact) mass is 343 g/mol. The molecule has 6 heteroatoms. The Balaban J connectivity index is 1.63. The molecule has 0 saturated heterocycles.